The molecule has 1 heterocycles. The number of aromatic nitrogens is 2. The van der Waals surface area contributed by atoms with Crippen LogP contribution in [0.5, 0.6) is 0 Å². The van der Waals surface area contributed by atoms with E-state index in [1.165, 1.54) is 12.1 Å². The summed E-state index contributed by atoms with van der Waals surface area (Å²) < 4.78 is 51.9. The zero-order valence-corrected chi connectivity index (χ0v) is 19.6. The molecule has 2 N–H and O–H groups in total. The Morgan fingerprint density at radius 1 is 1.18 bits per heavy atom. The van der Waals surface area contributed by atoms with E-state index in [2.05, 4.69) is 20.6 Å². The monoisotopic (exact) mass is 483 g/mol. The van der Waals surface area contributed by atoms with Gasteiger partial charge in [0.25, 0.3) is 5.91 Å². The molecule has 33 heavy (non-hydrogen) atoms. The largest absolute Gasteiger partial charge is 0.611 e. The van der Waals surface area contributed by atoms with E-state index in [0.29, 0.717) is 18.8 Å². The van der Waals surface area contributed by atoms with Crippen molar-refractivity contribution in [1.82, 2.24) is 15.3 Å². The lowest BCUT2D eigenvalue weighted by Crippen LogP contribution is -2.42. The highest BCUT2D eigenvalue weighted by molar-refractivity contribution is 7.92. The Labute approximate surface area is 194 Å². The van der Waals surface area contributed by atoms with Crippen molar-refractivity contribution in [2.45, 2.75) is 55.8 Å². The summed E-state index contributed by atoms with van der Waals surface area (Å²) in [6, 6.07) is 4.69. The molecule has 1 atom stereocenters. The molecule has 11 heteroatoms. The highest BCUT2D eigenvalue weighted by Crippen LogP contribution is 2.34. The van der Waals surface area contributed by atoms with E-state index >= 15 is 0 Å². The molecule has 0 aliphatic heterocycles. The minimum absolute atomic E-state index is 0.110. The van der Waals surface area contributed by atoms with Crippen LogP contribution in [0.25, 0.3) is 0 Å². The van der Waals surface area contributed by atoms with Gasteiger partial charge in [-0.1, -0.05) is 12.1 Å². The highest BCUT2D eigenvalue weighted by atomic mass is 32.2. The fraction of sp³-hybridized carbons (Fsp3) is 0.500. The first-order valence-electron chi connectivity index (χ1n) is 10.7. The minimum atomic E-state index is -4.62. The Balaban J connectivity index is 1.49. The van der Waals surface area contributed by atoms with E-state index in [1.807, 2.05) is 25.9 Å². The number of anilines is 2. The van der Waals surface area contributed by atoms with Gasteiger partial charge in [-0.05, 0) is 55.9 Å². The zero-order chi connectivity index (χ0) is 24.2. The van der Waals surface area contributed by atoms with Gasteiger partial charge >= 0.3 is 6.18 Å². The maximum Gasteiger partial charge on any atom is 0.421 e. The Hall–Kier alpha value is -2.53. The highest BCUT2D eigenvalue weighted by Gasteiger charge is 2.37. The number of amides is 1. The molecule has 2 aromatic rings. The summed E-state index contributed by atoms with van der Waals surface area (Å²) in [4.78, 5) is 22.8. The van der Waals surface area contributed by atoms with Gasteiger partial charge in [-0.15, -0.1) is 0 Å². The number of hydrogen-bond acceptors (Lipinski definition) is 6. The third-order valence-electron chi connectivity index (χ3n) is 5.49. The molecule has 0 spiro atoms. The van der Waals surface area contributed by atoms with Gasteiger partial charge in [0.05, 0.1) is 0 Å². The van der Waals surface area contributed by atoms with Crippen molar-refractivity contribution < 1.29 is 22.5 Å². The van der Waals surface area contributed by atoms with Crippen LogP contribution in [0.3, 0.4) is 0 Å². The van der Waals surface area contributed by atoms with Crippen LogP contribution in [0.4, 0.5) is 24.9 Å². The molecule has 1 aromatic heterocycles. The van der Waals surface area contributed by atoms with Crippen molar-refractivity contribution in [2.75, 3.05) is 30.1 Å². The van der Waals surface area contributed by atoms with Crippen LogP contribution in [-0.2, 0) is 22.1 Å². The fourth-order valence-corrected chi connectivity index (χ4v) is 5.02. The van der Waals surface area contributed by atoms with E-state index in [4.69, 9.17) is 0 Å². The van der Waals surface area contributed by atoms with Crippen LogP contribution in [-0.4, -0.2) is 52.4 Å². The van der Waals surface area contributed by atoms with E-state index in [0.717, 1.165) is 36.4 Å². The summed E-state index contributed by atoms with van der Waals surface area (Å²) >= 11 is -2.08. The lowest BCUT2D eigenvalue weighted by Gasteiger charge is -2.30. The van der Waals surface area contributed by atoms with E-state index in [-0.39, 0.29) is 17.0 Å². The summed E-state index contributed by atoms with van der Waals surface area (Å²) in [5.41, 5.74) is 0.00526. The number of halogens is 3. The maximum atomic E-state index is 13.1. The van der Waals surface area contributed by atoms with Gasteiger partial charge in [0.2, 0.25) is 5.95 Å². The van der Waals surface area contributed by atoms with Gasteiger partial charge in [-0.25, -0.2) is 4.98 Å². The molecule has 1 amide bonds. The molecule has 180 valence electrons. The van der Waals surface area contributed by atoms with Crippen LogP contribution < -0.4 is 15.5 Å². The number of carbonyl (C=O) groups is 1. The second-order valence-electron chi connectivity index (χ2n) is 8.34. The smallest absolute Gasteiger partial charge is 0.421 e. The number of alkyl halides is 3. The third kappa shape index (κ3) is 6.73. The lowest BCUT2D eigenvalue weighted by molar-refractivity contribution is -0.140. The molecular weight excluding hydrogens is 455 g/mol. The fourth-order valence-electron chi connectivity index (χ4n) is 3.89. The topological polar surface area (TPSA) is 93.2 Å². The van der Waals surface area contributed by atoms with Gasteiger partial charge in [-0.2, -0.15) is 18.2 Å². The molecule has 1 unspecified atom stereocenters. The molecule has 0 saturated heterocycles. The Morgan fingerprint density at radius 3 is 2.45 bits per heavy atom. The first-order valence-corrected chi connectivity index (χ1v) is 12.0. The summed E-state index contributed by atoms with van der Waals surface area (Å²) in [5.74, 6) is 0.374. The molecule has 1 aromatic carbocycles. The van der Waals surface area contributed by atoms with Crippen molar-refractivity contribution in [3.05, 3.63) is 41.6 Å². The molecule has 1 aliphatic rings. The van der Waals surface area contributed by atoms with Crippen LogP contribution in [0.2, 0.25) is 0 Å². The van der Waals surface area contributed by atoms with Gasteiger partial charge in [0, 0.05) is 37.9 Å². The molecule has 1 fully saturated rings. The normalized spacial score (nSPS) is 19.6. The first kappa shape index (κ1) is 25.1. The summed E-state index contributed by atoms with van der Waals surface area (Å²) in [6.07, 6.45) is 0.0955. The molecule has 1 saturated carbocycles. The van der Waals surface area contributed by atoms with Crippen LogP contribution in [0, 0.1) is 6.92 Å². The van der Waals surface area contributed by atoms with E-state index in [9.17, 15) is 22.5 Å². The zero-order valence-electron chi connectivity index (χ0n) is 18.8. The van der Waals surface area contributed by atoms with Crippen LogP contribution in [0.1, 0.15) is 36.8 Å². The molecule has 0 radical (unpaired) electrons. The molecule has 0 bridgehead atoms. The number of benzene rings is 1. The lowest BCUT2D eigenvalue weighted by atomic mass is 9.91. The van der Waals surface area contributed by atoms with E-state index in [1.54, 1.807) is 6.20 Å². The average molecular weight is 484 g/mol. The van der Waals surface area contributed by atoms with Crippen LogP contribution in [0.15, 0.2) is 35.4 Å². The third-order valence-corrected chi connectivity index (χ3v) is 6.86. The van der Waals surface area contributed by atoms with Crippen LogP contribution >= 0.6 is 0 Å². The van der Waals surface area contributed by atoms with Gasteiger partial charge in [-0.3, -0.25) is 4.79 Å². The first-order chi connectivity index (χ1) is 15.5. The van der Waals surface area contributed by atoms with Crippen molar-refractivity contribution in [3.63, 3.8) is 0 Å². The predicted octanol–water partition coefficient (Wildman–Crippen LogP) is 3.52. The standard InChI is InChI=1S/C22H28F3N5O2S/c1-14-12-26-21(29-20(14)30(2)3)28-16-10-8-15(9-11-16)27-19(31)13-33(32)18-7-5-4-6-17(18)22(23,24)25/h4-7,12,15-16H,8-11,13H2,1-3H3,(H,27,31)(H,26,28,29)/t15-,16+,33?. The number of nitrogens with one attached hydrogen (secondary N) is 2. The predicted molar refractivity (Wildman–Crippen MR) is 122 cm³/mol. The van der Waals surface area contributed by atoms with Gasteiger partial charge < -0.3 is 20.1 Å². The molecule has 7 nitrogen and oxygen atoms in total. The minimum Gasteiger partial charge on any atom is -0.611 e. The SMILES string of the molecule is Cc1cnc(N[C@H]2CC[C@@H](NC(=O)C[S+]([O-])c3ccccc3C(F)(F)F)CC2)nc1N(C)C. The van der Waals surface area contributed by atoms with Crippen molar-refractivity contribution in [2.24, 2.45) is 0 Å². The summed E-state index contributed by atoms with van der Waals surface area (Å²) in [6.45, 7) is 1.95. The summed E-state index contributed by atoms with van der Waals surface area (Å²) in [5, 5.41) is 6.15. The number of rotatable bonds is 7. The number of carbonyl (C=O) groups excluding carboxylic acids is 1. The Morgan fingerprint density at radius 2 is 1.82 bits per heavy atom. The Bertz CT molecular complexity index is 965. The Kier molecular flexibility index (Phi) is 8.06. The van der Waals surface area contributed by atoms with E-state index < -0.39 is 34.6 Å². The van der Waals surface area contributed by atoms with Crippen molar-refractivity contribution >= 4 is 28.8 Å². The van der Waals surface area contributed by atoms with Gasteiger partial charge in [0.1, 0.15) is 11.4 Å². The number of aryl methyl sites for hydroxylation is 1. The summed E-state index contributed by atoms with van der Waals surface area (Å²) in [7, 11) is 3.84. The molecular formula is C22H28F3N5O2S. The van der Waals surface area contributed by atoms with Gasteiger partial charge in [0.15, 0.2) is 10.6 Å². The molecule has 3 rings (SSSR count). The average Bonchev–Trinajstić information content (AvgIpc) is 2.75. The molecule has 1 aliphatic carbocycles. The number of hydrogen-bond donors (Lipinski definition) is 2. The maximum absolute atomic E-state index is 13.1. The quantitative estimate of drug-likeness (QED) is 0.586. The second-order valence-corrected chi connectivity index (χ2v) is 9.76. The number of nitrogens with zero attached hydrogens (tertiary/aromatic N) is 3. The van der Waals surface area contributed by atoms with Crippen molar-refractivity contribution in [3.8, 4) is 0 Å². The van der Waals surface area contributed by atoms with Crippen molar-refractivity contribution in [1.29, 1.82) is 0 Å². The second kappa shape index (κ2) is 10.6.